The smallest absolute Gasteiger partial charge is 0.137 e. The number of hydrogen-bond acceptors (Lipinski definition) is 1. The van der Waals surface area contributed by atoms with Crippen molar-refractivity contribution in [2.45, 2.75) is 13.1 Å². The van der Waals surface area contributed by atoms with E-state index in [4.69, 9.17) is 0 Å². The molecule has 94 valence electrons. The molecule has 18 heavy (non-hydrogen) atoms. The predicted octanol–water partition coefficient (Wildman–Crippen LogP) is 4.64. The van der Waals surface area contributed by atoms with Crippen LogP contribution in [0.25, 0.3) is 0 Å². The van der Waals surface area contributed by atoms with Crippen molar-refractivity contribution in [3.05, 3.63) is 68.4 Å². The third-order valence-electron chi connectivity index (χ3n) is 2.53. The Morgan fingerprint density at radius 2 is 1.67 bits per heavy atom. The van der Waals surface area contributed by atoms with Crippen LogP contribution in [0.5, 0.6) is 0 Å². The lowest BCUT2D eigenvalue weighted by atomic mass is 10.2. The highest BCUT2D eigenvalue weighted by atomic mass is 79.9. The van der Waals surface area contributed by atoms with Crippen LogP contribution in [0, 0.1) is 5.82 Å². The van der Waals surface area contributed by atoms with E-state index in [0.29, 0.717) is 11.0 Å². The fraction of sp³-hybridized carbons (Fsp3) is 0.143. The quantitative estimate of drug-likeness (QED) is 0.824. The van der Waals surface area contributed by atoms with E-state index in [0.717, 1.165) is 16.6 Å². The Bertz CT molecular complexity index is 543. The van der Waals surface area contributed by atoms with E-state index in [1.807, 2.05) is 18.2 Å². The van der Waals surface area contributed by atoms with Gasteiger partial charge in [-0.2, -0.15) is 0 Å². The molecule has 0 saturated heterocycles. The summed E-state index contributed by atoms with van der Waals surface area (Å²) in [5, 5.41) is 3.29. The van der Waals surface area contributed by atoms with Gasteiger partial charge in [-0.25, -0.2) is 4.39 Å². The van der Waals surface area contributed by atoms with E-state index in [1.165, 1.54) is 11.6 Å². The molecular weight excluding hydrogens is 361 g/mol. The summed E-state index contributed by atoms with van der Waals surface area (Å²) in [5.41, 5.74) is 2.13. The summed E-state index contributed by atoms with van der Waals surface area (Å²) < 4.78 is 14.9. The van der Waals surface area contributed by atoms with Crippen LogP contribution in [-0.2, 0) is 13.1 Å². The molecule has 0 fully saturated rings. The van der Waals surface area contributed by atoms with Gasteiger partial charge >= 0.3 is 0 Å². The standard InChI is InChI=1S/C14H12Br2FN/c15-12-3-1-2-10(6-12)8-18-9-11-4-5-13(16)14(17)7-11/h1-7,18H,8-9H2. The highest BCUT2D eigenvalue weighted by Gasteiger charge is 2.00. The first kappa shape index (κ1) is 13.7. The maximum absolute atomic E-state index is 13.3. The second-order valence-corrected chi connectivity index (χ2v) is 5.75. The summed E-state index contributed by atoms with van der Waals surface area (Å²) in [5.74, 6) is -0.225. The Hall–Kier alpha value is -0.710. The Morgan fingerprint density at radius 3 is 2.33 bits per heavy atom. The SMILES string of the molecule is Fc1cc(CNCc2cccc(Br)c2)ccc1Br. The summed E-state index contributed by atoms with van der Waals surface area (Å²) >= 11 is 6.58. The van der Waals surface area contributed by atoms with Crippen molar-refractivity contribution in [2.24, 2.45) is 0 Å². The first-order valence-corrected chi connectivity index (χ1v) is 7.13. The van der Waals surface area contributed by atoms with Gasteiger partial charge in [0.2, 0.25) is 0 Å². The molecule has 0 saturated carbocycles. The molecule has 0 unspecified atom stereocenters. The number of nitrogens with one attached hydrogen (secondary N) is 1. The van der Waals surface area contributed by atoms with Gasteiger partial charge < -0.3 is 5.32 Å². The number of rotatable bonds is 4. The predicted molar refractivity (Wildman–Crippen MR) is 78.8 cm³/mol. The molecule has 0 amide bonds. The van der Waals surface area contributed by atoms with Gasteiger partial charge in [0.05, 0.1) is 4.47 Å². The van der Waals surface area contributed by atoms with Crippen LogP contribution in [0.1, 0.15) is 11.1 Å². The highest BCUT2D eigenvalue weighted by Crippen LogP contribution is 2.16. The van der Waals surface area contributed by atoms with Crippen molar-refractivity contribution in [1.29, 1.82) is 0 Å². The third-order valence-corrected chi connectivity index (χ3v) is 3.67. The summed E-state index contributed by atoms with van der Waals surface area (Å²) in [7, 11) is 0. The summed E-state index contributed by atoms with van der Waals surface area (Å²) in [4.78, 5) is 0. The molecule has 0 heterocycles. The minimum absolute atomic E-state index is 0.225. The van der Waals surface area contributed by atoms with Gasteiger partial charge in [-0.05, 0) is 51.3 Å². The molecule has 2 aromatic rings. The van der Waals surface area contributed by atoms with E-state index in [1.54, 1.807) is 6.07 Å². The van der Waals surface area contributed by atoms with E-state index in [-0.39, 0.29) is 5.82 Å². The molecule has 0 aliphatic carbocycles. The molecule has 0 spiro atoms. The number of hydrogen-bond donors (Lipinski definition) is 1. The Labute approximate surface area is 123 Å². The second kappa shape index (κ2) is 6.45. The lowest BCUT2D eigenvalue weighted by Gasteiger charge is -2.06. The largest absolute Gasteiger partial charge is 0.309 e. The molecule has 0 aromatic heterocycles. The van der Waals surface area contributed by atoms with Crippen molar-refractivity contribution >= 4 is 31.9 Å². The molecule has 1 N–H and O–H groups in total. The molecular formula is C14H12Br2FN. The maximum Gasteiger partial charge on any atom is 0.137 e. The summed E-state index contributed by atoms with van der Waals surface area (Å²) in [6, 6.07) is 13.3. The van der Waals surface area contributed by atoms with Gasteiger partial charge in [-0.3, -0.25) is 0 Å². The zero-order chi connectivity index (χ0) is 13.0. The molecule has 0 atom stereocenters. The first-order valence-electron chi connectivity index (χ1n) is 5.54. The molecule has 0 aliphatic rings. The summed E-state index contributed by atoms with van der Waals surface area (Å²) in [6.45, 7) is 1.41. The van der Waals surface area contributed by atoms with Gasteiger partial charge in [0.25, 0.3) is 0 Å². The molecule has 1 nitrogen and oxygen atoms in total. The average molecular weight is 373 g/mol. The number of benzene rings is 2. The van der Waals surface area contributed by atoms with Gasteiger partial charge in [0.1, 0.15) is 5.82 Å². The third kappa shape index (κ3) is 3.90. The van der Waals surface area contributed by atoms with Gasteiger partial charge in [0.15, 0.2) is 0 Å². The van der Waals surface area contributed by atoms with Crippen LogP contribution >= 0.6 is 31.9 Å². The monoisotopic (exact) mass is 371 g/mol. The van der Waals surface area contributed by atoms with E-state index >= 15 is 0 Å². The van der Waals surface area contributed by atoms with Crippen LogP contribution in [0.2, 0.25) is 0 Å². The van der Waals surface area contributed by atoms with Crippen molar-refractivity contribution < 1.29 is 4.39 Å². The molecule has 0 bridgehead atoms. The second-order valence-electron chi connectivity index (χ2n) is 3.98. The average Bonchev–Trinajstić information content (AvgIpc) is 2.34. The minimum Gasteiger partial charge on any atom is -0.309 e. The fourth-order valence-corrected chi connectivity index (χ4v) is 2.34. The van der Waals surface area contributed by atoms with Crippen molar-refractivity contribution in [2.75, 3.05) is 0 Å². The van der Waals surface area contributed by atoms with Gasteiger partial charge in [-0.15, -0.1) is 0 Å². The Balaban J connectivity index is 1.90. The van der Waals surface area contributed by atoms with Crippen LogP contribution in [-0.4, -0.2) is 0 Å². The maximum atomic E-state index is 13.3. The van der Waals surface area contributed by atoms with E-state index < -0.39 is 0 Å². The van der Waals surface area contributed by atoms with Crippen LogP contribution in [0.4, 0.5) is 4.39 Å². The highest BCUT2D eigenvalue weighted by molar-refractivity contribution is 9.10. The van der Waals surface area contributed by atoms with E-state index in [2.05, 4.69) is 49.3 Å². The zero-order valence-corrected chi connectivity index (χ0v) is 12.8. The van der Waals surface area contributed by atoms with Crippen LogP contribution in [0.15, 0.2) is 51.4 Å². The van der Waals surface area contributed by atoms with E-state index in [9.17, 15) is 4.39 Å². The fourth-order valence-electron chi connectivity index (χ4n) is 1.65. The van der Waals surface area contributed by atoms with Crippen LogP contribution in [0.3, 0.4) is 0 Å². The molecule has 2 aromatic carbocycles. The lowest BCUT2D eigenvalue weighted by molar-refractivity contribution is 0.614. The molecule has 2 rings (SSSR count). The van der Waals surface area contributed by atoms with Crippen molar-refractivity contribution in [1.82, 2.24) is 5.32 Å². The molecule has 0 radical (unpaired) electrons. The van der Waals surface area contributed by atoms with Gasteiger partial charge in [-0.1, -0.05) is 34.1 Å². The summed E-state index contributed by atoms with van der Waals surface area (Å²) in [6.07, 6.45) is 0. The van der Waals surface area contributed by atoms with Crippen molar-refractivity contribution in [3.63, 3.8) is 0 Å². The number of halogens is 3. The zero-order valence-electron chi connectivity index (χ0n) is 9.59. The Morgan fingerprint density at radius 1 is 0.944 bits per heavy atom. The topological polar surface area (TPSA) is 12.0 Å². The lowest BCUT2D eigenvalue weighted by Crippen LogP contribution is -2.12. The molecule has 0 aliphatic heterocycles. The minimum atomic E-state index is -0.225. The Kier molecular flexibility index (Phi) is 4.92. The van der Waals surface area contributed by atoms with Crippen LogP contribution < -0.4 is 5.32 Å². The van der Waals surface area contributed by atoms with Gasteiger partial charge in [0, 0.05) is 17.6 Å². The normalized spacial score (nSPS) is 10.6. The first-order chi connectivity index (χ1) is 8.65. The molecule has 4 heteroatoms. The van der Waals surface area contributed by atoms with Crippen molar-refractivity contribution in [3.8, 4) is 0 Å².